The van der Waals surface area contributed by atoms with Gasteiger partial charge in [-0.25, -0.2) is 4.98 Å². The van der Waals surface area contributed by atoms with Crippen LogP contribution < -0.4 is 10.2 Å². The minimum Gasteiger partial charge on any atom is -0.395 e. The minimum absolute atomic E-state index is 0.0116. The van der Waals surface area contributed by atoms with Crippen LogP contribution in [-0.4, -0.2) is 44.6 Å². The summed E-state index contributed by atoms with van der Waals surface area (Å²) in [7, 11) is -2.83. The number of aromatic nitrogens is 1. The Bertz CT molecular complexity index is 1020. The van der Waals surface area contributed by atoms with Crippen molar-refractivity contribution in [2.24, 2.45) is 0 Å². The van der Waals surface area contributed by atoms with Gasteiger partial charge in [0, 0.05) is 41.8 Å². The van der Waals surface area contributed by atoms with Crippen LogP contribution in [0.15, 0.2) is 53.4 Å². The van der Waals surface area contributed by atoms with Gasteiger partial charge in [0.25, 0.3) is 0 Å². The Hall–Kier alpha value is -2.03. The van der Waals surface area contributed by atoms with Crippen molar-refractivity contribution < 1.29 is 14.2 Å². The summed E-state index contributed by atoms with van der Waals surface area (Å²) in [6.07, 6.45) is 0. The summed E-state index contributed by atoms with van der Waals surface area (Å²) in [4.78, 5) is 7.45. The summed E-state index contributed by atoms with van der Waals surface area (Å²) in [6.45, 7) is 1.44. The van der Waals surface area contributed by atoms with E-state index in [9.17, 15) is 14.2 Å². The Labute approximate surface area is 170 Å². The molecule has 28 heavy (non-hydrogen) atoms. The Balaban J connectivity index is 1.77. The van der Waals surface area contributed by atoms with E-state index >= 15 is 0 Å². The number of nitrogens with one attached hydrogen (secondary N) is 1. The van der Waals surface area contributed by atoms with Crippen LogP contribution in [0.25, 0.3) is 10.9 Å². The molecule has 0 aliphatic carbocycles. The van der Waals surface area contributed by atoms with Gasteiger partial charge in [-0.15, -0.1) is 0 Å². The standard InChI is InChI=1S/C20H22ClN3O3S/c21-15-5-6-17-16(11-15)18(22-7-9-25)12-20(23-17)24-8-10-28(26,27)19-4-2-1-3-14(19)13-24/h1-6,11-12,25-27H,7-10,13H2,(H,22,23). The first-order valence-corrected chi connectivity index (χ1v) is 11.1. The van der Waals surface area contributed by atoms with Crippen molar-refractivity contribution >= 4 is 44.6 Å². The average molecular weight is 420 g/mol. The number of rotatable bonds is 4. The van der Waals surface area contributed by atoms with Gasteiger partial charge in [-0.05, 0) is 29.8 Å². The second kappa shape index (κ2) is 7.77. The molecule has 0 radical (unpaired) electrons. The molecule has 2 heterocycles. The highest BCUT2D eigenvalue weighted by Gasteiger charge is 2.26. The first-order chi connectivity index (χ1) is 13.5. The lowest BCUT2D eigenvalue weighted by Gasteiger charge is -2.32. The fourth-order valence-electron chi connectivity index (χ4n) is 3.46. The summed E-state index contributed by atoms with van der Waals surface area (Å²) >= 11 is 6.15. The Morgan fingerprint density at radius 1 is 1.14 bits per heavy atom. The molecule has 1 aromatic heterocycles. The average Bonchev–Trinajstić information content (AvgIpc) is 2.82. The summed E-state index contributed by atoms with van der Waals surface area (Å²) in [5.41, 5.74) is 2.51. The lowest BCUT2D eigenvalue weighted by atomic mass is 10.1. The number of nitrogens with zero attached hydrogens (tertiary/aromatic N) is 2. The third kappa shape index (κ3) is 3.76. The topological polar surface area (TPSA) is 88.9 Å². The molecule has 0 atom stereocenters. The number of hydrogen-bond acceptors (Lipinski definition) is 6. The van der Waals surface area contributed by atoms with Gasteiger partial charge in [-0.1, -0.05) is 29.8 Å². The maximum absolute atomic E-state index is 10.6. The molecule has 0 saturated carbocycles. The van der Waals surface area contributed by atoms with Gasteiger partial charge < -0.3 is 15.3 Å². The molecule has 1 aliphatic rings. The van der Waals surface area contributed by atoms with E-state index in [0.717, 1.165) is 28.0 Å². The van der Waals surface area contributed by atoms with E-state index in [1.54, 1.807) is 12.1 Å². The van der Waals surface area contributed by atoms with Gasteiger partial charge in [0.2, 0.25) is 0 Å². The van der Waals surface area contributed by atoms with Crippen molar-refractivity contribution in [2.75, 3.05) is 35.7 Å². The van der Waals surface area contributed by atoms with Crippen molar-refractivity contribution in [1.29, 1.82) is 0 Å². The van der Waals surface area contributed by atoms with Crippen LogP contribution in [0.4, 0.5) is 11.5 Å². The van der Waals surface area contributed by atoms with Gasteiger partial charge in [-0.2, -0.15) is 10.6 Å². The SMILES string of the molecule is OCCNc1cc(N2CCS(O)(O)c3ccccc3C2)nc2ccc(Cl)cc12. The molecule has 6 nitrogen and oxygen atoms in total. The molecule has 4 rings (SSSR count). The van der Waals surface area contributed by atoms with E-state index in [0.29, 0.717) is 29.6 Å². The number of anilines is 2. The molecule has 1 aliphatic heterocycles. The molecule has 0 amide bonds. The van der Waals surface area contributed by atoms with Gasteiger partial charge in [0.1, 0.15) is 5.82 Å². The van der Waals surface area contributed by atoms with Crippen LogP contribution in [0.1, 0.15) is 5.56 Å². The molecule has 0 bridgehead atoms. The lowest BCUT2D eigenvalue weighted by molar-refractivity contribution is 0.311. The highest BCUT2D eigenvalue weighted by Crippen LogP contribution is 2.51. The lowest BCUT2D eigenvalue weighted by Crippen LogP contribution is -2.26. The monoisotopic (exact) mass is 419 g/mol. The molecule has 3 aromatic rings. The zero-order valence-electron chi connectivity index (χ0n) is 15.2. The largest absolute Gasteiger partial charge is 0.395 e. The van der Waals surface area contributed by atoms with E-state index in [1.807, 2.05) is 36.4 Å². The molecular formula is C20H22ClN3O3S. The minimum atomic E-state index is -2.83. The van der Waals surface area contributed by atoms with E-state index in [1.165, 1.54) is 0 Å². The molecule has 4 N–H and O–H groups in total. The van der Waals surface area contributed by atoms with Crippen LogP contribution in [0.2, 0.25) is 5.02 Å². The molecular weight excluding hydrogens is 398 g/mol. The molecule has 0 unspecified atom stereocenters. The molecule has 0 spiro atoms. The first kappa shape index (κ1) is 19.3. The predicted octanol–water partition coefficient (Wildman–Crippen LogP) is 4.42. The highest BCUT2D eigenvalue weighted by molar-refractivity contribution is 8.24. The number of pyridine rings is 1. The maximum Gasteiger partial charge on any atom is 0.131 e. The number of aliphatic hydroxyl groups excluding tert-OH is 1. The number of hydrogen-bond donors (Lipinski definition) is 4. The second-order valence-corrected chi connectivity index (χ2v) is 9.36. The van der Waals surface area contributed by atoms with Crippen molar-refractivity contribution in [2.45, 2.75) is 11.4 Å². The van der Waals surface area contributed by atoms with E-state index in [-0.39, 0.29) is 12.4 Å². The fourth-order valence-corrected chi connectivity index (χ4v) is 5.18. The zero-order valence-corrected chi connectivity index (χ0v) is 16.7. The van der Waals surface area contributed by atoms with Crippen LogP contribution in [-0.2, 0) is 6.54 Å². The maximum atomic E-state index is 10.6. The third-order valence-electron chi connectivity index (χ3n) is 4.84. The normalized spacial score (nSPS) is 17.1. The number of fused-ring (bicyclic) bond motifs is 2. The molecule has 0 fully saturated rings. The second-order valence-electron chi connectivity index (χ2n) is 6.74. The van der Waals surface area contributed by atoms with Crippen LogP contribution in [0.3, 0.4) is 0 Å². The third-order valence-corrected chi connectivity index (χ3v) is 6.93. The summed E-state index contributed by atoms with van der Waals surface area (Å²) in [6, 6.07) is 14.9. The zero-order chi connectivity index (χ0) is 19.7. The van der Waals surface area contributed by atoms with Crippen LogP contribution >= 0.6 is 22.2 Å². The summed E-state index contributed by atoms with van der Waals surface area (Å²) < 4.78 is 21.2. The van der Waals surface area contributed by atoms with Crippen LogP contribution in [0, 0.1) is 0 Å². The van der Waals surface area contributed by atoms with E-state index < -0.39 is 10.6 Å². The quantitative estimate of drug-likeness (QED) is 0.500. The molecule has 148 valence electrons. The molecule has 0 saturated heterocycles. The Morgan fingerprint density at radius 2 is 1.96 bits per heavy atom. The van der Waals surface area contributed by atoms with Crippen molar-refractivity contribution in [3.8, 4) is 0 Å². The first-order valence-electron chi connectivity index (χ1n) is 9.02. The van der Waals surface area contributed by atoms with Gasteiger partial charge in [0.15, 0.2) is 0 Å². The number of halogens is 1. The van der Waals surface area contributed by atoms with Crippen molar-refractivity contribution in [3.05, 3.63) is 59.1 Å². The van der Waals surface area contributed by atoms with E-state index in [2.05, 4.69) is 10.2 Å². The fraction of sp³-hybridized carbons (Fsp3) is 0.250. The van der Waals surface area contributed by atoms with Gasteiger partial charge in [0.05, 0.1) is 22.8 Å². The summed E-state index contributed by atoms with van der Waals surface area (Å²) in [5, 5.41) is 13.9. The molecule has 2 aromatic carbocycles. The Morgan fingerprint density at radius 3 is 2.79 bits per heavy atom. The van der Waals surface area contributed by atoms with Gasteiger partial charge >= 0.3 is 0 Å². The van der Waals surface area contributed by atoms with E-state index in [4.69, 9.17) is 16.6 Å². The summed E-state index contributed by atoms with van der Waals surface area (Å²) in [5.74, 6) is 0.992. The van der Waals surface area contributed by atoms with Crippen molar-refractivity contribution in [1.82, 2.24) is 4.98 Å². The predicted molar refractivity (Wildman–Crippen MR) is 116 cm³/mol. The number of benzene rings is 2. The Kier molecular flexibility index (Phi) is 5.35. The number of aliphatic hydroxyl groups is 1. The smallest absolute Gasteiger partial charge is 0.131 e. The van der Waals surface area contributed by atoms with Gasteiger partial charge in [-0.3, -0.25) is 9.11 Å². The highest BCUT2D eigenvalue weighted by atomic mass is 35.5. The van der Waals surface area contributed by atoms with Crippen LogP contribution in [0.5, 0.6) is 0 Å². The van der Waals surface area contributed by atoms with Crippen molar-refractivity contribution in [3.63, 3.8) is 0 Å². The molecule has 8 heteroatoms.